The minimum atomic E-state index is -0.314. The van der Waals surface area contributed by atoms with E-state index < -0.39 is 0 Å². The minimum absolute atomic E-state index is 0.121. The largest absolute Gasteiger partial charge is 0.490 e. The van der Waals surface area contributed by atoms with Gasteiger partial charge < -0.3 is 25.4 Å². The van der Waals surface area contributed by atoms with Gasteiger partial charge in [0.2, 0.25) is 5.91 Å². The highest BCUT2D eigenvalue weighted by atomic mass is 19.1. The van der Waals surface area contributed by atoms with Crippen molar-refractivity contribution < 1.29 is 18.7 Å². The second kappa shape index (κ2) is 10.3. The Labute approximate surface area is 169 Å². The number of amides is 1. The van der Waals surface area contributed by atoms with Crippen LogP contribution in [0.2, 0.25) is 0 Å². The third-order valence-electron chi connectivity index (χ3n) is 4.25. The number of fused-ring (bicyclic) bond motifs is 1. The molecule has 0 aliphatic carbocycles. The number of carbonyl (C=O) groups is 1. The molecule has 0 unspecified atom stereocenters. The Bertz CT molecular complexity index is 856. The minimum Gasteiger partial charge on any atom is -0.490 e. The second-order valence-electron chi connectivity index (χ2n) is 6.49. The van der Waals surface area contributed by atoms with E-state index in [0.29, 0.717) is 38.0 Å². The zero-order chi connectivity index (χ0) is 20.5. The fourth-order valence-electron chi connectivity index (χ4n) is 2.79. The number of nitrogens with one attached hydrogen (secondary N) is 3. The van der Waals surface area contributed by atoms with E-state index in [2.05, 4.69) is 20.9 Å². The van der Waals surface area contributed by atoms with Crippen LogP contribution in [0, 0.1) is 5.82 Å². The first-order valence-corrected chi connectivity index (χ1v) is 9.52. The Balaban J connectivity index is 1.42. The van der Waals surface area contributed by atoms with Crippen molar-refractivity contribution in [3.05, 3.63) is 53.8 Å². The van der Waals surface area contributed by atoms with Crippen molar-refractivity contribution in [1.29, 1.82) is 0 Å². The van der Waals surface area contributed by atoms with Gasteiger partial charge >= 0.3 is 0 Å². The van der Waals surface area contributed by atoms with Gasteiger partial charge in [-0.25, -0.2) is 4.39 Å². The van der Waals surface area contributed by atoms with Crippen LogP contribution in [0.5, 0.6) is 11.5 Å². The van der Waals surface area contributed by atoms with Crippen molar-refractivity contribution in [2.24, 2.45) is 4.99 Å². The molecule has 2 aromatic carbocycles. The normalized spacial score (nSPS) is 13.4. The number of nitrogens with zero attached hydrogens (tertiary/aromatic N) is 1. The fraction of sp³-hybridized carbons (Fsp3) is 0.333. The molecular formula is C21H25FN4O3. The predicted molar refractivity (Wildman–Crippen MR) is 110 cm³/mol. The molecule has 1 aliphatic heterocycles. The van der Waals surface area contributed by atoms with Gasteiger partial charge in [-0.2, -0.15) is 0 Å². The van der Waals surface area contributed by atoms with E-state index in [1.807, 2.05) is 18.2 Å². The van der Waals surface area contributed by atoms with E-state index in [4.69, 9.17) is 9.47 Å². The smallest absolute Gasteiger partial charge is 0.224 e. The Kier molecular flexibility index (Phi) is 7.27. The van der Waals surface area contributed by atoms with E-state index in [0.717, 1.165) is 23.4 Å². The summed E-state index contributed by atoms with van der Waals surface area (Å²) in [6.45, 7) is 2.21. The lowest BCUT2D eigenvalue weighted by atomic mass is 10.1. The van der Waals surface area contributed by atoms with Crippen molar-refractivity contribution in [2.75, 3.05) is 38.7 Å². The van der Waals surface area contributed by atoms with Crippen LogP contribution in [0.3, 0.4) is 0 Å². The molecular weight excluding hydrogens is 375 g/mol. The molecule has 0 bridgehead atoms. The molecule has 29 heavy (non-hydrogen) atoms. The molecule has 2 aromatic rings. The maximum absolute atomic E-state index is 12.9. The van der Waals surface area contributed by atoms with Gasteiger partial charge in [0.05, 0.1) is 19.6 Å². The van der Waals surface area contributed by atoms with Crippen molar-refractivity contribution in [1.82, 2.24) is 10.6 Å². The molecule has 154 valence electrons. The lowest BCUT2D eigenvalue weighted by molar-refractivity contribution is -0.120. The van der Waals surface area contributed by atoms with Crippen LogP contribution in [-0.2, 0) is 11.2 Å². The van der Waals surface area contributed by atoms with E-state index in [1.165, 1.54) is 12.1 Å². The van der Waals surface area contributed by atoms with Crippen LogP contribution in [-0.4, -0.2) is 45.2 Å². The van der Waals surface area contributed by atoms with Crippen molar-refractivity contribution >= 4 is 17.6 Å². The van der Waals surface area contributed by atoms with Crippen molar-refractivity contribution in [2.45, 2.75) is 12.8 Å². The Morgan fingerprint density at radius 3 is 2.52 bits per heavy atom. The molecule has 0 fully saturated rings. The number of hydrogen-bond acceptors (Lipinski definition) is 4. The maximum Gasteiger partial charge on any atom is 0.224 e. The second-order valence-corrected chi connectivity index (χ2v) is 6.49. The molecule has 0 saturated carbocycles. The Hall–Kier alpha value is -3.29. The molecule has 0 saturated heterocycles. The summed E-state index contributed by atoms with van der Waals surface area (Å²) < 4.78 is 24.2. The van der Waals surface area contributed by atoms with E-state index in [1.54, 1.807) is 19.2 Å². The number of rotatable bonds is 6. The number of anilines is 1. The number of hydrogen-bond donors (Lipinski definition) is 3. The van der Waals surface area contributed by atoms with Crippen molar-refractivity contribution in [3.8, 4) is 11.5 Å². The first-order valence-electron chi connectivity index (χ1n) is 9.52. The van der Waals surface area contributed by atoms with Gasteiger partial charge in [0, 0.05) is 38.3 Å². The summed E-state index contributed by atoms with van der Waals surface area (Å²) >= 11 is 0. The molecule has 1 aliphatic rings. The summed E-state index contributed by atoms with van der Waals surface area (Å²) in [4.78, 5) is 16.1. The number of benzene rings is 2. The summed E-state index contributed by atoms with van der Waals surface area (Å²) in [5.74, 6) is 1.58. The Morgan fingerprint density at radius 2 is 1.76 bits per heavy atom. The van der Waals surface area contributed by atoms with Crippen LogP contribution >= 0.6 is 0 Å². The van der Waals surface area contributed by atoms with Crippen LogP contribution in [0.1, 0.15) is 12.0 Å². The van der Waals surface area contributed by atoms with Crippen LogP contribution in [0.15, 0.2) is 47.5 Å². The first-order chi connectivity index (χ1) is 14.1. The van der Waals surface area contributed by atoms with Gasteiger partial charge in [0.1, 0.15) is 5.82 Å². The van der Waals surface area contributed by atoms with Gasteiger partial charge in [-0.05, 0) is 29.8 Å². The molecule has 1 amide bonds. The summed E-state index contributed by atoms with van der Waals surface area (Å²) in [5.41, 5.74) is 1.59. The fourth-order valence-corrected chi connectivity index (χ4v) is 2.79. The first kappa shape index (κ1) is 20.4. The van der Waals surface area contributed by atoms with E-state index >= 15 is 0 Å². The highest BCUT2D eigenvalue weighted by molar-refractivity contribution is 5.93. The van der Waals surface area contributed by atoms with Gasteiger partial charge in [-0.1, -0.05) is 12.1 Å². The molecule has 0 aromatic heterocycles. The topological polar surface area (TPSA) is 84.0 Å². The van der Waals surface area contributed by atoms with Crippen LogP contribution in [0.4, 0.5) is 10.1 Å². The number of halogens is 1. The molecule has 0 atom stereocenters. The van der Waals surface area contributed by atoms with E-state index in [-0.39, 0.29) is 18.1 Å². The average molecular weight is 400 g/mol. The number of guanidine groups is 1. The maximum atomic E-state index is 12.9. The van der Waals surface area contributed by atoms with Gasteiger partial charge in [-0.15, -0.1) is 0 Å². The van der Waals surface area contributed by atoms with Crippen LogP contribution < -0.4 is 25.4 Å². The molecule has 0 spiro atoms. The van der Waals surface area contributed by atoms with E-state index in [9.17, 15) is 9.18 Å². The SMILES string of the molecule is CN=C(NCCNC(=O)Cc1ccc(F)cc1)Nc1ccc2c(c1)OCCCO2. The number of ether oxygens (including phenoxy) is 2. The zero-order valence-corrected chi connectivity index (χ0v) is 16.3. The monoisotopic (exact) mass is 400 g/mol. The van der Waals surface area contributed by atoms with Crippen molar-refractivity contribution in [3.63, 3.8) is 0 Å². The molecule has 0 radical (unpaired) electrons. The van der Waals surface area contributed by atoms with Gasteiger partial charge in [0.25, 0.3) is 0 Å². The third-order valence-corrected chi connectivity index (χ3v) is 4.25. The molecule has 3 rings (SSSR count). The van der Waals surface area contributed by atoms with Gasteiger partial charge in [-0.3, -0.25) is 9.79 Å². The number of aliphatic imine (C=N–C) groups is 1. The quantitative estimate of drug-likeness (QED) is 0.394. The average Bonchev–Trinajstić information content (AvgIpc) is 2.97. The number of carbonyl (C=O) groups excluding carboxylic acids is 1. The zero-order valence-electron chi connectivity index (χ0n) is 16.3. The highest BCUT2D eigenvalue weighted by Gasteiger charge is 2.11. The van der Waals surface area contributed by atoms with Crippen LogP contribution in [0.25, 0.3) is 0 Å². The molecule has 8 heteroatoms. The highest BCUT2D eigenvalue weighted by Crippen LogP contribution is 2.32. The molecule has 1 heterocycles. The third kappa shape index (κ3) is 6.38. The summed E-state index contributed by atoms with van der Waals surface area (Å²) in [6, 6.07) is 11.5. The summed E-state index contributed by atoms with van der Waals surface area (Å²) in [5, 5.41) is 9.15. The summed E-state index contributed by atoms with van der Waals surface area (Å²) in [6.07, 6.45) is 1.07. The molecule has 3 N–H and O–H groups in total. The summed E-state index contributed by atoms with van der Waals surface area (Å²) in [7, 11) is 1.67. The molecule has 7 nitrogen and oxygen atoms in total. The lowest BCUT2D eigenvalue weighted by Crippen LogP contribution is -2.38. The standard InChI is InChI=1S/C21H25FN4O3/c1-23-21(26-17-7-8-18-19(14-17)29-12-2-11-28-18)25-10-9-24-20(27)13-15-3-5-16(22)6-4-15/h3-8,14H,2,9-13H2,1H3,(H,24,27)(H2,23,25,26). The lowest BCUT2D eigenvalue weighted by Gasteiger charge is -2.14. The van der Waals surface area contributed by atoms with Gasteiger partial charge in [0.15, 0.2) is 17.5 Å². The Morgan fingerprint density at radius 1 is 1.03 bits per heavy atom. The predicted octanol–water partition coefficient (Wildman–Crippen LogP) is 2.33.